The molecule has 27 heavy (non-hydrogen) atoms. The zero-order valence-electron chi connectivity index (χ0n) is 16.9. The predicted molar refractivity (Wildman–Crippen MR) is 115 cm³/mol. The van der Waals surface area contributed by atoms with Gasteiger partial charge in [0.15, 0.2) is 0 Å². The Kier molecular flexibility index (Phi) is 6.33. The molecule has 0 radical (unpaired) electrons. The second-order valence-corrected chi connectivity index (χ2v) is 7.75. The molecule has 2 aromatic carbocycles. The fourth-order valence-corrected chi connectivity index (χ4v) is 3.63. The van der Waals surface area contributed by atoms with Gasteiger partial charge in [-0.3, -0.25) is 0 Å². The molecule has 2 N–H and O–H groups in total. The van der Waals surface area contributed by atoms with Gasteiger partial charge < -0.3 is 10.3 Å². The van der Waals surface area contributed by atoms with E-state index in [1.165, 1.54) is 27.9 Å². The molecule has 0 aliphatic heterocycles. The Bertz CT molecular complexity index is 822. The van der Waals surface area contributed by atoms with Gasteiger partial charge in [0.25, 0.3) is 0 Å². The number of aromatic nitrogens is 2. The molecule has 0 amide bonds. The Morgan fingerprint density at radius 2 is 1.63 bits per heavy atom. The van der Waals surface area contributed by atoms with Crippen LogP contribution < -0.4 is 5.32 Å². The molecule has 0 fully saturated rings. The van der Waals surface area contributed by atoms with Crippen LogP contribution in [0.1, 0.15) is 62.6 Å². The largest absolute Gasteiger partial charge is 0.385 e. The maximum Gasteiger partial charge on any atom is 0.137 e. The van der Waals surface area contributed by atoms with Crippen LogP contribution in [0.15, 0.2) is 54.9 Å². The van der Waals surface area contributed by atoms with Crippen LogP contribution in [0, 0.1) is 0 Å². The zero-order chi connectivity index (χ0) is 19.2. The van der Waals surface area contributed by atoms with E-state index < -0.39 is 0 Å². The molecule has 0 aliphatic carbocycles. The van der Waals surface area contributed by atoms with Gasteiger partial charge in [-0.25, -0.2) is 4.98 Å². The molecule has 0 saturated heterocycles. The minimum atomic E-state index is 0.519. The quantitative estimate of drug-likeness (QED) is 0.458. The van der Waals surface area contributed by atoms with Crippen molar-refractivity contribution in [3.63, 3.8) is 0 Å². The molecule has 3 rings (SSSR count). The van der Waals surface area contributed by atoms with Gasteiger partial charge in [-0.2, -0.15) is 0 Å². The van der Waals surface area contributed by atoms with Gasteiger partial charge in [0.2, 0.25) is 0 Å². The summed E-state index contributed by atoms with van der Waals surface area (Å²) < 4.78 is 0. The number of H-pyrrole nitrogens is 1. The summed E-state index contributed by atoms with van der Waals surface area (Å²) in [5, 5.41) is 3.75. The topological polar surface area (TPSA) is 40.7 Å². The lowest BCUT2D eigenvalue weighted by molar-refractivity contribution is 0.817. The Morgan fingerprint density at radius 1 is 0.926 bits per heavy atom. The molecule has 3 heteroatoms. The van der Waals surface area contributed by atoms with E-state index in [0.29, 0.717) is 11.8 Å². The minimum absolute atomic E-state index is 0.519. The van der Waals surface area contributed by atoms with Gasteiger partial charge in [-0.1, -0.05) is 70.2 Å². The van der Waals surface area contributed by atoms with Crippen molar-refractivity contribution in [2.45, 2.75) is 52.4 Å². The van der Waals surface area contributed by atoms with Crippen LogP contribution in [0.2, 0.25) is 0 Å². The standard InChI is InChI=1S/C24H31N3/c1-17(2)20-12-7-13-21(18(3)4)23(20)25-14-8-10-19-9-5-6-11-22(19)24-26-15-16-27-24/h5-7,9,11-13,15-18,25H,8,10,14H2,1-4H3,(H,26,27). The molecule has 0 unspecified atom stereocenters. The highest BCUT2D eigenvalue weighted by atomic mass is 14.9. The number of aryl methyl sites for hydroxylation is 1. The van der Waals surface area contributed by atoms with E-state index in [4.69, 9.17) is 0 Å². The molecule has 0 aliphatic rings. The van der Waals surface area contributed by atoms with Crippen molar-refractivity contribution >= 4 is 5.69 Å². The molecule has 3 aromatic rings. The Labute approximate surface area is 163 Å². The highest BCUT2D eigenvalue weighted by Crippen LogP contribution is 2.32. The second kappa shape index (κ2) is 8.90. The molecule has 1 aromatic heterocycles. The molecule has 0 atom stereocenters. The number of imidazole rings is 1. The summed E-state index contributed by atoms with van der Waals surface area (Å²) in [5.74, 6) is 1.99. The summed E-state index contributed by atoms with van der Waals surface area (Å²) >= 11 is 0. The Hall–Kier alpha value is -2.55. The van der Waals surface area contributed by atoms with E-state index in [2.05, 4.69) is 85.4 Å². The number of hydrogen-bond acceptors (Lipinski definition) is 2. The number of rotatable bonds is 8. The molecule has 0 bridgehead atoms. The van der Waals surface area contributed by atoms with Crippen LogP contribution in [-0.4, -0.2) is 16.5 Å². The van der Waals surface area contributed by atoms with E-state index in [0.717, 1.165) is 25.2 Å². The van der Waals surface area contributed by atoms with E-state index in [1.54, 1.807) is 0 Å². The molecule has 1 heterocycles. The first kappa shape index (κ1) is 19.2. The average Bonchev–Trinajstić information content (AvgIpc) is 3.19. The summed E-state index contributed by atoms with van der Waals surface area (Å²) in [5.41, 5.74) is 6.71. The fourth-order valence-electron chi connectivity index (χ4n) is 3.63. The summed E-state index contributed by atoms with van der Waals surface area (Å²) in [6.45, 7) is 10.0. The summed E-state index contributed by atoms with van der Waals surface area (Å²) in [6.07, 6.45) is 5.81. The van der Waals surface area contributed by atoms with Crippen LogP contribution in [0.5, 0.6) is 0 Å². The highest BCUT2D eigenvalue weighted by molar-refractivity contribution is 5.61. The van der Waals surface area contributed by atoms with Crippen molar-refractivity contribution in [1.82, 2.24) is 9.97 Å². The number of aromatic amines is 1. The number of nitrogens with one attached hydrogen (secondary N) is 2. The summed E-state index contributed by atoms with van der Waals surface area (Å²) in [6, 6.07) is 15.2. The Morgan fingerprint density at radius 3 is 2.26 bits per heavy atom. The average molecular weight is 362 g/mol. The smallest absolute Gasteiger partial charge is 0.137 e. The van der Waals surface area contributed by atoms with Crippen LogP contribution in [-0.2, 0) is 6.42 Å². The van der Waals surface area contributed by atoms with Crippen LogP contribution >= 0.6 is 0 Å². The normalized spacial score (nSPS) is 11.3. The monoisotopic (exact) mass is 361 g/mol. The third-order valence-electron chi connectivity index (χ3n) is 5.07. The van der Waals surface area contributed by atoms with Gasteiger partial charge in [0.1, 0.15) is 5.82 Å². The number of benzene rings is 2. The van der Waals surface area contributed by atoms with Gasteiger partial charge in [-0.05, 0) is 41.4 Å². The van der Waals surface area contributed by atoms with Gasteiger partial charge in [0, 0.05) is 30.2 Å². The second-order valence-electron chi connectivity index (χ2n) is 7.75. The highest BCUT2D eigenvalue weighted by Gasteiger charge is 2.13. The number of nitrogens with zero attached hydrogens (tertiary/aromatic N) is 1. The van der Waals surface area contributed by atoms with Gasteiger partial charge in [0.05, 0.1) is 0 Å². The molecule has 0 saturated carbocycles. The first-order valence-electron chi connectivity index (χ1n) is 10.0. The lowest BCUT2D eigenvalue weighted by atomic mass is 9.92. The van der Waals surface area contributed by atoms with Crippen molar-refractivity contribution in [3.8, 4) is 11.4 Å². The molecule has 3 nitrogen and oxygen atoms in total. The first-order chi connectivity index (χ1) is 13.1. The van der Waals surface area contributed by atoms with Crippen molar-refractivity contribution in [2.24, 2.45) is 0 Å². The van der Waals surface area contributed by atoms with Gasteiger partial charge in [-0.15, -0.1) is 0 Å². The molecule has 0 spiro atoms. The van der Waals surface area contributed by atoms with Crippen LogP contribution in [0.4, 0.5) is 5.69 Å². The lowest BCUT2D eigenvalue weighted by Gasteiger charge is -2.21. The molecular formula is C24H31N3. The summed E-state index contributed by atoms with van der Waals surface area (Å²) in [7, 11) is 0. The van der Waals surface area contributed by atoms with Crippen molar-refractivity contribution < 1.29 is 0 Å². The van der Waals surface area contributed by atoms with Crippen molar-refractivity contribution in [2.75, 3.05) is 11.9 Å². The third kappa shape index (κ3) is 4.60. The van der Waals surface area contributed by atoms with E-state index in [-0.39, 0.29) is 0 Å². The maximum atomic E-state index is 4.41. The number of anilines is 1. The predicted octanol–water partition coefficient (Wildman–Crippen LogP) is 6.37. The third-order valence-corrected chi connectivity index (χ3v) is 5.07. The lowest BCUT2D eigenvalue weighted by Crippen LogP contribution is -2.10. The number of hydrogen-bond donors (Lipinski definition) is 2. The molecule has 142 valence electrons. The fraction of sp³-hybridized carbons (Fsp3) is 0.375. The maximum absolute atomic E-state index is 4.41. The number of para-hydroxylation sites is 1. The van der Waals surface area contributed by atoms with Crippen LogP contribution in [0.25, 0.3) is 11.4 Å². The van der Waals surface area contributed by atoms with Crippen molar-refractivity contribution in [3.05, 3.63) is 71.5 Å². The minimum Gasteiger partial charge on any atom is -0.385 e. The summed E-state index contributed by atoms with van der Waals surface area (Å²) in [4.78, 5) is 7.64. The van der Waals surface area contributed by atoms with E-state index >= 15 is 0 Å². The SMILES string of the molecule is CC(C)c1cccc(C(C)C)c1NCCCc1ccccc1-c1ncc[nH]1. The van der Waals surface area contributed by atoms with Crippen molar-refractivity contribution in [1.29, 1.82) is 0 Å². The van der Waals surface area contributed by atoms with Crippen LogP contribution in [0.3, 0.4) is 0 Å². The molecular weight excluding hydrogens is 330 g/mol. The van der Waals surface area contributed by atoms with E-state index in [9.17, 15) is 0 Å². The zero-order valence-corrected chi connectivity index (χ0v) is 16.9. The van der Waals surface area contributed by atoms with Gasteiger partial charge >= 0.3 is 0 Å². The van der Waals surface area contributed by atoms with E-state index in [1.807, 2.05) is 12.4 Å². The Balaban J connectivity index is 1.69. The first-order valence-corrected chi connectivity index (χ1v) is 10.0.